The number of carbonyl (C=O) groups is 1. The fraction of sp³-hybridized carbons (Fsp3) is 0.545. The molecule has 1 aromatic rings. The first-order chi connectivity index (χ1) is 7.08. The van der Waals surface area contributed by atoms with Crippen molar-refractivity contribution in [3.05, 3.63) is 22.4 Å². The van der Waals surface area contributed by atoms with Crippen molar-refractivity contribution < 1.29 is 9.53 Å². The molecule has 0 fully saturated rings. The number of rotatable bonds is 5. The average Bonchev–Trinajstić information content (AvgIpc) is 2.53. The highest BCUT2D eigenvalue weighted by atomic mass is 32.1. The minimum Gasteiger partial charge on any atom is -0.462 e. The molecule has 0 aliphatic heterocycles. The third-order valence-electron chi connectivity index (χ3n) is 1.77. The Morgan fingerprint density at radius 1 is 1.60 bits per heavy atom. The molecule has 0 bridgehead atoms. The van der Waals surface area contributed by atoms with Gasteiger partial charge in [-0.15, -0.1) is 11.3 Å². The van der Waals surface area contributed by atoms with E-state index in [0.29, 0.717) is 6.54 Å². The van der Waals surface area contributed by atoms with Gasteiger partial charge < -0.3 is 4.74 Å². The zero-order chi connectivity index (χ0) is 11.3. The molecule has 0 amide bonds. The SMILES string of the molecule is CC(C)OC(=O)CN(C)Cc1cccs1. The predicted molar refractivity (Wildman–Crippen MR) is 61.9 cm³/mol. The van der Waals surface area contributed by atoms with Crippen LogP contribution in [0.2, 0.25) is 0 Å². The van der Waals surface area contributed by atoms with Gasteiger partial charge in [-0.1, -0.05) is 6.07 Å². The zero-order valence-corrected chi connectivity index (χ0v) is 10.2. The van der Waals surface area contributed by atoms with Crippen LogP contribution in [-0.2, 0) is 16.1 Å². The highest BCUT2D eigenvalue weighted by Gasteiger charge is 2.09. The first kappa shape index (κ1) is 12.2. The van der Waals surface area contributed by atoms with Crippen molar-refractivity contribution in [3.63, 3.8) is 0 Å². The maximum absolute atomic E-state index is 11.3. The second-order valence-electron chi connectivity index (χ2n) is 3.79. The molecule has 0 aromatic carbocycles. The normalized spacial score (nSPS) is 11.0. The summed E-state index contributed by atoms with van der Waals surface area (Å²) in [5, 5.41) is 2.04. The van der Waals surface area contributed by atoms with E-state index in [1.165, 1.54) is 4.88 Å². The van der Waals surface area contributed by atoms with E-state index in [1.807, 2.05) is 37.2 Å². The molecule has 0 N–H and O–H groups in total. The summed E-state index contributed by atoms with van der Waals surface area (Å²) in [6.07, 6.45) is -0.0346. The molecule has 0 spiro atoms. The van der Waals surface area contributed by atoms with Crippen LogP contribution in [0.3, 0.4) is 0 Å². The second kappa shape index (κ2) is 5.88. The molecule has 1 aromatic heterocycles. The Morgan fingerprint density at radius 2 is 2.33 bits per heavy atom. The summed E-state index contributed by atoms with van der Waals surface area (Å²) in [7, 11) is 1.92. The Labute approximate surface area is 94.7 Å². The molecule has 0 saturated carbocycles. The lowest BCUT2D eigenvalue weighted by Crippen LogP contribution is -2.28. The Hall–Kier alpha value is -0.870. The molecular weight excluding hydrogens is 210 g/mol. The van der Waals surface area contributed by atoms with Gasteiger partial charge in [0, 0.05) is 11.4 Å². The topological polar surface area (TPSA) is 29.5 Å². The molecule has 4 heteroatoms. The van der Waals surface area contributed by atoms with Gasteiger partial charge in [0.15, 0.2) is 0 Å². The zero-order valence-electron chi connectivity index (χ0n) is 9.40. The van der Waals surface area contributed by atoms with E-state index in [2.05, 4.69) is 6.07 Å². The molecule has 1 rings (SSSR count). The van der Waals surface area contributed by atoms with Crippen LogP contribution in [0.5, 0.6) is 0 Å². The average molecular weight is 227 g/mol. The Morgan fingerprint density at radius 3 is 2.87 bits per heavy atom. The second-order valence-corrected chi connectivity index (χ2v) is 4.82. The van der Waals surface area contributed by atoms with Crippen molar-refractivity contribution in [3.8, 4) is 0 Å². The molecule has 1 heterocycles. The Balaban J connectivity index is 2.29. The fourth-order valence-corrected chi connectivity index (χ4v) is 2.03. The number of esters is 1. The van der Waals surface area contributed by atoms with Crippen molar-refractivity contribution in [2.75, 3.05) is 13.6 Å². The molecule has 3 nitrogen and oxygen atoms in total. The molecule has 0 saturated heterocycles. The first-order valence-electron chi connectivity index (χ1n) is 4.98. The number of likely N-dealkylation sites (N-methyl/N-ethyl adjacent to an activating group) is 1. The van der Waals surface area contributed by atoms with Gasteiger partial charge in [0.1, 0.15) is 0 Å². The highest BCUT2D eigenvalue weighted by Crippen LogP contribution is 2.10. The van der Waals surface area contributed by atoms with Crippen LogP contribution in [0.25, 0.3) is 0 Å². The number of hydrogen-bond acceptors (Lipinski definition) is 4. The Bertz CT molecular complexity index is 296. The predicted octanol–water partition coefficient (Wildman–Crippen LogP) is 2.13. The lowest BCUT2D eigenvalue weighted by atomic mass is 10.4. The van der Waals surface area contributed by atoms with Gasteiger partial charge >= 0.3 is 5.97 Å². The van der Waals surface area contributed by atoms with Gasteiger partial charge in [0.2, 0.25) is 0 Å². The molecule has 15 heavy (non-hydrogen) atoms. The van der Waals surface area contributed by atoms with Crippen LogP contribution in [0.1, 0.15) is 18.7 Å². The van der Waals surface area contributed by atoms with Crippen molar-refractivity contribution in [1.82, 2.24) is 4.90 Å². The summed E-state index contributed by atoms with van der Waals surface area (Å²) in [6, 6.07) is 4.08. The smallest absolute Gasteiger partial charge is 0.320 e. The van der Waals surface area contributed by atoms with E-state index in [-0.39, 0.29) is 12.1 Å². The van der Waals surface area contributed by atoms with Crippen LogP contribution >= 0.6 is 11.3 Å². The summed E-state index contributed by atoms with van der Waals surface area (Å²) in [6.45, 7) is 4.86. The summed E-state index contributed by atoms with van der Waals surface area (Å²) >= 11 is 1.70. The summed E-state index contributed by atoms with van der Waals surface area (Å²) in [5.41, 5.74) is 0. The minimum atomic E-state index is -0.163. The van der Waals surface area contributed by atoms with Crippen LogP contribution in [-0.4, -0.2) is 30.6 Å². The maximum Gasteiger partial charge on any atom is 0.320 e. The van der Waals surface area contributed by atoms with Crippen molar-refractivity contribution >= 4 is 17.3 Å². The summed E-state index contributed by atoms with van der Waals surface area (Å²) in [4.78, 5) is 14.5. The number of hydrogen-bond donors (Lipinski definition) is 0. The van der Waals surface area contributed by atoms with E-state index in [4.69, 9.17) is 4.74 Å². The maximum atomic E-state index is 11.3. The third-order valence-corrected chi connectivity index (χ3v) is 2.63. The van der Waals surface area contributed by atoms with Gasteiger partial charge in [-0.2, -0.15) is 0 Å². The summed E-state index contributed by atoms with van der Waals surface area (Å²) < 4.78 is 5.06. The number of ether oxygens (including phenoxy) is 1. The first-order valence-corrected chi connectivity index (χ1v) is 5.86. The van der Waals surface area contributed by atoms with E-state index in [1.54, 1.807) is 11.3 Å². The number of carbonyl (C=O) groups excluding carboxylic acids is 1. The highest BCUT2D eigenvalue weighted by molar-refractivity contribution is 7.09. The van der Waals surface area contributed by atoms with Crippen LogP contribution in [0.4, 0.5) is 0 Å². The van der Waals surface area contributed by atoms with Crippen molar-refractivity contribution in [2.45, 2.75) is 26.5 Å². The molecule has 0 aliphatic rings. The van der Waals surface area contributed by atoms with Crippen molar-refractivity contribution in [2.24, 2.45) is 0 Å². The molecule has 0 aliphatic carbocycles. The molecular formula is C11H17NO2S. The molecule has 0 unspecified atom stereocenters. The monoisotopic (exact) mass is 227 g/mol. The van der Waals surface area contributed by atoms with Gasteiger partial charge in [0.05, 0.1) is 12.6 Å². The van der Waals surface area contributed by atoms with Gasteiger partial charge in [-0.3, -0.25) is 9.69 Å². The molecule has 0 radical (unpaired) electrons. The minimum absolute atomic E-state index is 0.0346. The van der Waals surface area contributed by atoms with Gasteiger partial charge in [-0.05, 0) is 32.3 Å². The quantitative estimate of drug-likeness (QED) is 0.722. The lowest BCUT2D eigenvalue weighted by molar-refractivity contribution is -0.148. The van der Waals surface area contributed by atoms with Crippen LogP contribution < -0.4 is 0 Å². The van der Waals surface area contributed by atoms with Gasteiger partial charge in [-0.25, -0.2) is 0 Å². The van der Waals surface area contributed by atoms with E-state index in [0.717, 1.165) is 6.54 Å². The third kappa shape index (κ3) is 4.95. The fourth-order valence-electron chi connectivity index (χ4n) is 1.25. The summed E-state index contributed by atoms with van der Waals surface area (Å²) in [5.74, 6) is -0.163. The largest absolute Gasteiger partial charge is 0.462 e. The van der Waals surface area contributed by atoms with E-state index >= 15 is 0 Å². The molecule has 0 atom stereocenters. The van der Waals surface area contributed by atoms with Crippen LogP contribution in [0, 0.1) is 0 Å². The van der Waals surface area contributed by atoms with E-state index < -0.39 is 0 Å². The van der Waals surface area contributed by atoms with Crippen molar-refractivity contribution in [1.29, 1.82) is 0 Å². The lowest BCUT2D eigenvalue weighted by Gasteiger charge is -2.15. The van der Waals surface area contributed by atoms with E-state index in [9.17, 15) is 4.79 Å². The number of nitrogens with zero attached hydrogens (tertiary/aromatic N) is 1. The Kier molecular flexibility index (Phi) is 4.78. The number of thiophene rings is 1. The van der Waals surface area contributed by atoms with Gasteiger partial charge in [0.25, 0.3) is 0 Å². The standard InChI is InChI=1S/C11H17NO2S/c1-9(2)14-11(13)8-12(3)7-10-5-4-6-15-10/h4-6,9H,7-8H2,1-3H3. The molecule has 84 valence electrons. The van der Waals surface area contributed by atoms with Crippen LogP contribution in [0.15, 0.2) is 17.5 Å².